The molecule has 0 amide bonds. The second-order valence-corrected chi connectivity index (χ2v) is 16.7. The van der Waals surface area contributed by atoms with Crippen molar-refractivity contribution in [3.63, 3.8) is 0 Å². The first-order valence-corrected chi connectivity index (χ1v) is 21.6. The molecule has 0 unspecified atom stereocenters. The Hall–Kier alpha value is -7.72. The molecular weight excluding hydrogens is 759 g/mol. The molecule has 12 rings (SSSR count). The summed E-state index contributed by atoms with van der Waals surface area (Å²) in [4.78, 5) is 2.35. The molecule has 2 heterocycles. The molecule has 2 nitrogen and oxygen atoms in total. The molecule has 10 aromatic carbocycles. The van der Waals surface area contributed by atoms with Gasteiger partial charge in [0.25, 0.3) is 0 Å². The zero-order valence-electron chi connectivity index (χ0n) is 33.1. The summed E-state index contributed by atoms with van der Waals surface area (Å²) in [7, 11) is 0. The maximum Gasteiger partial charge on any atom is 0.143 e. The lowest BCUT2D eigenvalue weighted by Gasteiger charge is -2.26. The number of hydrogen-bond acceptors (Lipinski definition) is 3. The summed E-state index contributed by atoms with van der Waals surface area (Å²) in [6, 6.07) is 81.1. The van der Waals surface area contributed by atoms with E-state index in [1.54, 1.807) is 0 Å². The molecule has 0 aliphatic rings. The van der Waals surface area contributed by atoms with Crippen LogP contribution in [0.1, 0.15) is 0 Å². The predicted octanol–water partition coefficient (Wildman–Crippen LogP) is 17.2. The molecule has 0 radical (unpaired) electrons. The van der Waals surface area contributed by atoms with Gasteiger partial charge in [-0.15, -0.1) is 11.3 Å². The van der Waals surface area contributed by atoms with Gasteiger partial charge in [0.05, 0.1) is 0 Å². The van der Waals surface area contributed by atoms with E-state index in [0.29, 0.717) is 0 Å². The summed E-state index contributed by atoms with van der Waals surface area (Å²) < 4.78 is 9.06. The zero-order chi connectivity index (χ0) is 40.3. The third kappa shape index (κ3) is 6.09. The molecular formula is C58H37NOS. The smallest absolute Gasteiger partial charge is 0.143 e. The average molecular weight is 796 g/mol. The minimum atomic E-state index is 0.906. The van der Waals surface area contributed by atoms with Crippen LogP contribution in [0.3, 0.4) is 0 Å². The minimum Gasteiger partial charge on any atom is -0.455 e. The summed E-state index contributed by atoms with van der Waals surface area (Å²) in [6.45, 7) is 0. The van der Waals surface area contributed by atoms with Crippen molar-refractivity contribution in [2.75, 3.05) is 4.90 Å². The van der Waals surface area contributed by atoms with Gasteiger partial charge >= 0.3 is 0 Å². The molecule has 0 saturated heterocycles. The van der Waals surface area contributed by atoms with Gasteiger partial charge in [0.15, 0.2) is 0 Å². The third-order valence-electron chi connectivity index (χ3n) is 12.1. The summed E-state index contributed by atoms with van der Waals surface area (Å²) in [6.07, 6.45) is 0. The Bertz CT molecular complexity index is 3570. The van der Waals surface area contributed by atoms with Crippen LogP contribution in [0, 0.1) is 0 Å². The highest BCUT2D eigenvalue weighted by atomic mass is 32.1. The van der Waals surface area contributed by atoms with Gasteiger partial charge < -0.3 is 9.32 Å². The van der Waals surface area contributed by atoms with Crippen LogP contribution in [0.5, 0.6) is 0 Å². The molecule has 0 aliphatic carbocycles. The monoisotopic (exact) mass is 795 g/mol. The topological polar surface area (TPSA) is 16.4 Å². The van der Waals surface area contributed by atoms with Crippen molar-refractivity contribution in [1.82, 2.24) is 0 Å². The summed E-state index contributed by atoms with van der Waals surface area (Å²) in [5, 5.41) is 7.41. The van der Waals surface area contributed by atoms with Gasteiger partial charge in [-0.25, -0.2) is 0 Å². The molecule has 0 N–H and O–H groups in total. The highest BCUT2D eigenvalue weighted by molar-refractivity contribution is 7.25. The molecule has 0 aliphatic heterocycles. The maximum absolute atomic E-state index is 6.44. The standard InChI is InChI=1S/C58H37NOS/c1-2-15-47-39(11-1)12-8-18-48(47)43-14-7-13-42(37-43)38-25-31-44(32-26-38)59(45-33-27-40(28-34-45)49-19-10-24-56-57(49)53-17-4-6-23-55(53)61-56)46-35-29-41(30-36-46)50-20-9-21-52-51-16-3-5-22-54(51)60-58(50)52/h1-37H. The van der Waals surface area contributed by atoms with Crippen molar-refractivity contribution in [1.29, 1.82) is 0 Å². The normalized spacial score (nSPS) is 11.6. The number of hydrogen-bond donors (Lipinski definition) is 0. The Labute approximate surface area is 357 Å². The van der Waals surface area contributed by atoms with Crippen molar-refractivity contribution in [2.45, 2.75) is 0 Å². The quantitative estimate of drug-likeness (QED) is 0.160. The Morgan fingerprint density at radius 1 is 0.328 bits per heavy atom. The lowest BCUT2D eigenvalue weighted by atomic mass is 9.95. The van der Waals surface area contributed by atoms with Gasteiger partial charge in [-0.05, 0) is 110 Å². The number of furan rings is 1. The molecule has 0 saturated carbocycles. The van der Waals surface area contributed by atoms with Crippen LogP contribution in [0.15, 0.2) is 229 Å². The highest BCUT2D eigenvalue weighted by Crippen LogP contribution is 2.43. The van der Waals surface area contributed by atoms with Crippen molar-refractivity contribution in [2.24, 2.45) is 0 Å². The predicted molar refractivity (Wildman–Crippen MR) is 261 cm³/mol. The number of para-hydroxylation sites is 2. The molecule has 0 fully saturated rings. The Morgan fingerprint density at radius 3 is 1.64 bits per heavy atom. The van der Waals surface area contributed by atoms with Crippen LogP contribution in [0.2, 0.25) is 0 Å². The molecule has 61 heavy (non-hydrogen) atoms. The molecule has 0 bridgehead atoms. The lowest BCUT2D eigenvalue weighted by Crippen LogP contribution is -2.09. The molecule has 3 heteroatoms. The van der Waals surface area contributed by atoms with Crippen LogP contribution in [0.4, 0.5) is 17.1 Å². The van der Waals surface area contributed by atoms with Gasteiger partial charge in [-0.1, -0.05) is 164 Å². The second kappa shape index (κ2) is 14.5. The molecule has 2 aromatic heterocycles. The first-order chi connectivity index (χ1) is 30.2. The third-order valence-corrected chi connectivity index (χ3v) is 13.2. The van der Waals surface area contributed by atoms with Crippen LogP contribution >= 0.6 is 11.3 Å². The van der Waals surface area contributed by atoms with E-state index in [-0.39, 0.29) is 0 Å². The Balaban J connectivity index is 0.937. The van der Waals surface area contributed by atoms with E-state index < -0.39 is 0 Å². The first kappa shape index (κ1) is 35.2. The SMILES string of the molecule is c1cc(-c2ccc(N(c3ccc(-c4cccc5c4oc4ccccc45)cc3)c3ccc(-c4cccc5sc6ccccc6c45)cc3)cc2)cc(-c2cccc3ccccc23)c1. The number of anilines is 3. The van der Waals surface area contributed by atoms with Crippen molar-refractivity contribution >= 4 is 81.3 Å². The highest BCUT2D eigenvalue weighted by Gasteiger charge is 2.17. The fraction of sp³-hybridized carbons (Fsp3) is 0. The van der Waals surface area contributed by atoms with Gasteiger partial charge in [0.2, 0.25) is 0 Å². The van der Waals surface area contributed by atoms with E-state index in [1.807, 2.05) is 23.5 Å². The van der Waals surface area contributed by atoms with E-state index >= 15 is 0 Å². The lowest BCUT2D eigenvalue weighted by molar-refractivity contribution is 0.670. The fourth-order valence-electron chi connectivity index (χ4n) is 9.16. The number of rotatable bonds is 7. The fourth-order valence-corrected chi connectivity index (χ4v) is 10.3. The van der Waals surface area contributed by atoms with Gasteiger partial charge in [0, 0.05) is 53.6 Å². The van der Waals surface area contributed by atoms with Crippen molar-refractivity contribution < 1.29 is 4.42 Å². The first-order valence-electron chi connectivity index (χ1n) is 20.7. The summed E-state index contributed by atoms with van der Waals surface area (Å²) in [5.74, 6) is 0. The van der Waals surface area contributed by atoms with E-state index in [2.05, 4.69) is 217 Å². The van der Waals surface area contributed by atoms with E-state index in [1.165, 1.54) is 64.3 Å². The average Bonchev–Trinajstić information content (AvgIpc) is 3.91. The van der Waals surface area contributed by atoms with Crippen LogP contribution in [0.25, 0.3) is 97.4 Å². The maximum atomic E-state index is 6.44. The Kier molecular flexibility index (Phi) is 8.39. The number of thiophene rings is 1. The van der Waals surface area contributed by atoms with Gasteiger partial charge in [-0.2, -0.15) is 0 Å². The van der Waals surface area contributed by atoms with E-state index in [0.717, 1.165) is 50.1 Å². The van der Waals surface area contributed by atoms with E-state index in [4.69, 9.17) is 4.42 Å². The molecule has 0 atom stereocenters. The summed E-state index contributed by atoms with van der Waals surface area (Å²) in [5.41, 5.74) is 14.5. The number of benzene rings is 10. The molecule has 286 valence electrons. The van der Waals surface area contributed by atoms with Crippen LogP contribution < -0.4 is 4.90 Å². The zero-order valence-corrected chi connectivity index (χ0v) is 33.9. The van der Waals surface area contributed by atoms with E-state index in [9.17, 15) is 0 Å². The minimum absolute atomic E-state index is 0.906. The number of fused-ring (bicyclic) bond motifs is 7. The van der Waals surface area contributed by atoms with Gasteiger partial charge in [0.1, 0.15) is 11.2 Å². The molecule has 0 spiro atoms. The van der Waals surface area contributed by atoms with Gasteiger partial charge in [-0.3, -0.25) is 0 Å². The summed E-state index contributed by atoms with van der Waals surface area (Å²) >= 11 is 1.86. The van der Waals surface area contributed by atoms with Crippen molar-refractivity contribution in [3.8, 4) is 44.5 Å². The Morgan fingerprint density at radius 2 is 0.852 bits per heavy atom. The molecule has 12 aromatic rings. The van der Waals surface area contributed by atoms with Crippen LogP contribution in [-0.4, -0.2) is 0 Å². The number of nitrogens with zero attached hydrogens (tertiary/aromatic N) is 1. The van der Waals surface area contributed by atoms with Crippen molar-refractivity contribution in [3.05, 3.63) is 224 Å². The largest absolute Gasteiger partial charge is 0.455 e. The van der Waals surface area contributed by atoms with Crippen LogP contribution in [-0.2, 0) is 0 Å². The second-order valence-electron chi connectivity index (χ2n) is 15.6.